The Balaban J connectivity index is 2.43. The summed E-state index contributed by atoms with van der Waals surface area (Å²) in [6.07, 6.45) is -0.649. The highest BCUT2D eigenvalue weighted by atomic mass is 16.5. The van der Waals surface area contributed by atoms with E-state index >= 15 is 0 Å². The molecule has 0 aromatic heterocycles. The Labute approximate surface area is 119 Å². The van der Waals surface area contributed by atoms with Crippen molar-refractivity contribution in [2.75, 3.05) is 0 Å². The van der Waals surface area contributed by atoms with Crippen molar-refractivity contribution in [1.82, 2.24) is 0 Å². The molecule has 0 aliphatic carbocycles. The maximum Gasteiger partial charge on any atom is 0.134 e. The third kappa shape index (κ3) is 3.17. The normalized spacial score (nSPS) is 11.8. The zero-order chi connectivity index (χ0) is 14.7. The molecule has 0 spiro atoms. The molecule has 3 nitrogen and oxygen atoms in total. The average Bonchev–Trinajstić information content (AvgIpc) is 2.37. The molecule has 0 saturated carbocycles. The Morgan fingerprint density at radius 2 is 1.75 bits per heavy atom. The molecule has 20 heavy (non-hydrogen) atoms. The van der Waals surface area contributed by atoms with Crippen LogP contribution in [0.3, 0.4) is 0 Å². The van der Waals surface area contributed by atoms with Gasteiger partial charge in [-0.15, -0.1) is 0 Å². The topological polar surface area (TPSA) is 53.2 Å². The fraction of sp³-hybridized carbons (Fsp3) is 0.235. The van der Waals surface area contributed by atoms with Crippen LogP contribution in [0, 0.1) is 25.2 Å². The van der Waals surface area contributed by atoms with Crippen molar-refractivity contribution >= 4 is 0 Å². The van der Waals surface area contributed by atoms with Crippen LogP contribution in [0.15, 0.2) is 36.4 Å². The van der Waals surface area contributed by atoms with E-state index < -0.39 is 6.10 Å². The van der Waals surface area contributed by atoms with Gasteiger partial charge in [0.15, 0.2) is 0 Å². The van der Waals surface area contributed by atoms with Crippen LogP contribution in [0.1, 0.15) is 35.3 Å². The lowest BCUT2D eigenvalue weighted by atomic mass is 10.1. The van der Waals surface area contributed by atoms with Gasteiger partial charge in [-0.2, -0.15) is 5.26 Å². The van der Waals surface area contributed by atoms with E-state index in [0.717, 1.165) is 11.1 Å². The number of nitriles is 1. The van der Waals surface area contributed by atoms with Crippen LogP contribution in [0.2, 0.25) is 0 Å². The van der Waals surface area contributed by atoms with Gasteiger partial charge < -0.3 is 9.84 Å². The summed E-state index contributed by atoms with van der Waals surface area (Å²) in [6, 6.07) is 13.1. The van der Waals surface area contributed by atoms with E-state index in [2.05, 4.69) is 12.1 Å². The molecule has 0 amide bonds. The summed E-state index contributed by atoms with van der Waals surface area (Å²) in [5.74, 6) is 1.23. The molecule has 0 heterocycles. The van der Waals surface area contributed by atoms with Gasteiger partial charge in [0.2, 0.25) is 0 Å². The van der Waals surface area contributed by atoms with Gasteiger partial charge in [0, 0.05) is 5.56 Å². The zero-order valence-corrected chi connectivity index (χ0v) is 11.8. The molecule has 0 aliphatic heterocycles. The minimum atomic E-state index is -0.649. The minimum absolute atomic E-state index is 0.508. The number of aliphatic hydroxyl groups is 1. The van der Waals surface area contributed by atoms with Gasteiger partial charge in [-0.05, 0) is 56.2 Å². The first-order valence-electron chi connectivity index (χ1n) is 6.48. The number of aryl methyl sites for hydroxylation is 2. The summed E-state index contributed by atoms with van der Waals surface area (Å²) >= 11 is 0. The maximum absolute atomic E-state index is 9.79. The molecule has 3 heteroatoms. The van der Waals surface area contributed by atoms with Gasteiger partial charge in [0.25, 0.3) is 0 Å². The molecule has 2 aromatic rings. The second-order valence-corrected chi connectivity index (χ2v) is 4.97. The Morgan fingerprint density at radius 3 is 2.30 bits per heavy atom. The first kappa shape index (κ1) is 14.1. The van der Waals surface area contributed by atoms with E-state index in [1.165, 1.54) is 0 Å². The first-order chi connectivity index (χ1) is 9.49. The van der Waals surface area contributed by atoms with Gasteiger partial charge in [0.05, 0.1) is 17.7 Å². The lowest BCUT2D eigenvalue weighted by molar-refractivity contribution is 0.195. The molecule has 0 fully saturated rings. The molecular weight excluding hydrogens is 250 g/mol. The summed E-state index contributed by atoms with van der Waals surface area (Å²) in [4.78, 5) is 0. The number of hydrogen-bond donors (Lipinski definition) is 1. The van der Waals surface area contributed by atoms with Crippen LogP contribution < -0.4 is 4.74 Å². The van der Waals surface area contributed by atoms with E-state index in [1.807, 2.05) is 26.0 Å². The fourth-order valence-corrected chi connectivity index (χ4v) is 2.16. The highest BCUT2D eigenvalue weighted by Crippen LogP contribution is 2.31. The van der Waals surface area contributed by atoms with Crippen molar-refractivity contribution < 1.29 is 9.84 Å². The molecule has 0 aliphatic rings. The number of hydrogen-bond acceptors (Lipinski definition) is 3. The predicted molar refractivity (Wildman–Crippen MR) is 77.8 cm³/mol. The van der Waals surface area contributed by atoms with E-state index in [0.29, 0.717) is 22.6 Å². The SMILES string of the molecule is Cc1cc(C)cc(Oc2cc(C#N)ccc2[C@@H](C)O)c1. The second kappa shape index (κ2) is 5.77. The highest BCUT2D eigenvalue weighted by molar-refractivity contribution is 5.46. The Hall–Kier alpha value is -2.31. The number of aliphatic hydroxyl groups excluding tert-OH is 1. The van der Waals surface area contributed by atoms with Crippen molar-refractivity contribution in [3.63, 3.8) is 0 Å². The van der Waals surface area contributed by atoms with Gasteiger partial charge in [0.1, 0.15) is 11.5 Å². The van der Waals surface area contributed by atoms with Crippen molar-refractivity contribution in [3.05, 3.63) is 58.7 Å². The summed E-state index contributed by atoms with van der Waals surface area (Å²) < 4.78 is 5.86. The number of benzene rings is 2. The van der Waals surface area contributed by atoms with Crippen LogP contribution in [0.25, 0.3) is 0 Å². The Kier molecular flexibility index (Phi) is 4.07. The molecule has 2 aromatic carbocycles. The smallest absolute Gasteiger partial charge is 0.134 e. The molecule has 0 saturated heterocycles. The largest absolute Gasteiger partial charge is 0.457 e. The lowest BCUT2D eigenvalue weighted by Gasteiger charge is -2.14. The van der Waals surface area contributed by atoms with Crippen LogP contribution in [-0.2, 0) is 0 Å². The molecule has 2 rings (SSSR count). The Morgan fingerprint density at radius 1 is 1.10 bits per heavy atom. The van der Waals surface area contributed by atoms with E-state index in [-0.39, 0.29) is 0 Å². The molecule has 1 N–H and O–H groups in total. The molecule has 1 atom stereocenters. The predicted octanol–water partition coefficient (Wildman–Crippen LogP) is 4.02. The van der Waals surface area contributed by atoms with Gasteiger partial charge in [-0.1, -0.05) is 12.1 Å². The standard InChI is InChI=1S/C17H17NO2/c1-11-6-12(2)8-15(7-11)20-17-9-14(10-18)4-5-16(17)13(3)19/h4-9,13,19H,1-3H3/t13-/m1/s1. The summed E-state index contributed by atoms with van der Waals surface area (Å²) in [5, 5.41) is 18.8. The number of nitrogens with zero attached hydrogens (tertiary/aromatic N) is 1. The van der Waals surface area contributed by atoms with E-state index in [4.69, 9.17) is 10.00 Å². The second-order valence-electron chi connectivity index (χ2n) is 4.97. The number of rotatable bonds is 3. The van der Waals surface area contributed by atoms with Gasteiger partial charge in [-0.25, -0.2) is 0 Å². The van der Waals surface area contributed by atoms with E-state index in [1.54, 1.807) is 25.1 Å². The Bertz CT molecular complexity index is 649. The maximum atomic E-state index is 9.79. The molecular formula is C17H17NO2. The van der Waals surface area contributed by atoms with Crippen LogP contribution >= 0.6 is 0 Å². The molecule has 0 radical (unpaired) electrons. The van der Waals surface area contributed by atoms with Crippen LogP contribution in [-0.4, -0.2) is 5.11 Å². The monoisotopic (exact) mass is 267 g/mol. The summed E-state index contributed by atoms with van der Waals surface area (Å²) in [7, 11) is 0. The van der Waals surface area contributed by atoms with Crippen molar-refractivity contribution in [2.24, 2.45) is 0 Å². The molecule has 102 valence electrons. The zero-order valence-electron chi connectivity index (χ0n) is 11.8. The molecule has 0 unspecified atom stereocenters. The van der Waals surface area contributed by atoms with Crippen LogP contribution in [0.5, 0.6) is 11.5 Å². The summed E-state index contributed by atoms with van der Waals surface area (Å²) in [5.41, 5.74) is 3.39. The van der Waals surface area contributed by atoms with Crippen molar-refractivity contribution in [3.8, 4) is 17.6 Å². The summed E-state index contributed by atoms with van der Waals surface area (Å²) in [6.45, 7) is 5.68. The minimum Gasteiger partial charge on any atom is -0.457 e. The molecule has 0 bridgehead atoms. The van der Waals surface area contributed by atoms with Gasteiger partial charge >= 0.3 is 0 Å². The quantitative estimate of drug-likeness (QED) is 0.913. The highest BCUT2D eigenvalue weighted by Gasteiger charge is 2.11. The lowest BCUT2D eigenvalue weighted by Crippen LogP contribution is -1.97. The van der Waals surface area contributed by atoms with Crippen molar-refractivity contribution in [1.29, 1.82) is 5.26 Å². The van der Waals surface area contributed by atoms with E-state index in [9.17, 15) is 5.11 Å². The third-order valence-electron chi connectivity index (χ3n) is 3.02. The number of ether oxygens (including phenoxy) is 1. The van der Waals surface area contributed by atoms with Gasteiger partial charge in [-0.3, -0.25) is 0 Å². The average molecular weight is 267 g/mol. The third-order valence-corrected chi connectivity index (χ3v) is 3.02. The van der Waals surface area contributed by atoms with Crippen molar-refractivity contribution in [2.45, 2.75) is 26.9 Å². The fourth-order valence-electron chi connectivity index (χ4n) is 2.16. The first-order valence-corrected chi connectivity index (χ1v) is 6.48. The van der Waals surface area contributed by atoms with Crippen LogP contribution in [0.4, 0.5) is 0 Å².